The molecule has 0 amide bonds. The molecule has 0 aliphatic carbocycles. The second-order valence-electron chi connectivity index (χ2n) is 3.18. The third kappa shape index (κ3) is 2.01. The molecular formula is C10H7F3N2S. The second kappa shape index (κ2) is 4.13. The van der Waals surface area contributed by atoms with Gasteiger partial charge in [0, 0.05) is 17.5 Å². The number of rotatable bonds is 2. The molecule has 0 bridgehead atoms. The van der Waals surface area contributed by atoms with E-state index < -0.39 is 17.5 Å². The zero-order valence-corrected chi connectivity index (χ0v) is 8.82. The normalized spacial score (nSPS) is 10.7. The first-order valence-electron chi connectivity index (χ1n) is 4.40. The van der Waals surface area contributed by atoms with Crippen LogP contribution in [0.2, 0.25) is 0 Å². The molecule has 0 saturated carbocycles. The molecule has 1 aromatic carbocycles. The molecule has 0 radical (unpaired) electrons. The van der Waals surface area contributed by atoms with E-state index in [0.29, 0.717) is 10.0 Å². The Morgan fingerprint density at radius 2 is 1.94 bits per heavy atom. The van der Waals surface area contributed by atoms with E-state index in [4.69, 9.17) is 5.73 Å². The standard InChI is InChI=1S/C10H7F3N2S/c11-7-2-1-5(8(12)9(7)13)3-6-4-15-10(14)16-6/h1-2,4H,3H2,(H2,14,15). The highest BCUT2D eigenvalue weighted by Gasteiger charge is 2.14. The van der Waals surface area contributed by atoms with E-state index >= 15 is 0 Å². The molecule has 2 aromatic rings. The fraction of sp³-hybridized carbons (Fsp3) is 0.100. The van der Waals surface area contributed by atoms with E-state index in [1.165, 1.54) is 23.6 Å². The summed E-state index contributed by atoms with van der Waals surface area (Å²) in [7, 11) is 0. The summed E-state index contributed by atoms with van der Waals surface area (Å²) >= 11 is 1.19. The van der Waals surface area contributed by atoms with E-state index in [9.17, 15) is 13.2 Å². The van der Waals surface area contributed by atoms with E-state index in [2.05, 4.69) is 4.98 Å². The predicted molar refractivity (Wildman–Crippen MR) is 55.6 cm³/mol. The predicted octanol–water partition coefficient (Wildman–Crippen LogP) is 2.73. The molecule has 2 rings (SSSR count). The van der Waals surface area contributed by atoms with Gasteiger partial charge in [-0.2, -0.15) is 0 Å². The average Bonchev–Trinajstić information content (AvgIpc) is 2.65. The molecule has 84 valence electrons. The highest BCUT2D eigenvalue weighted by Crippen LogP contribution is 2.22. The van der Waals surface area contributed by atoms with E-state index in [1.54, 1.807) is 0 Å². The van der Waals surface area contributed by atoms with Crippen molar-refractivity contribution in [2.75, 3.05) is 5.73 Å². The highest BCUT2D eigenvalue weighted by atomic mass is 32.1. The summed E-state index contributed by atoms with van der Waals surface area (Å²) in [5.74, 6) is -3.80. The third-order valence-corrected chi connectivity index (χ3v) is 2.88. The van der Waals surface area contributed by atoms with Crippen molar-refractivity contribution >= 4 is 16.5 Å². The van der Waals surface area contributed by atoms with Crippen molar-refractivity contribution in [2.24, 2.45) is 0 Å². The summed E-state index contributed by atoms with van der Waals surface area (Å²) in [6.07, 6.45) is 1.64. The van der Waals surface area contributed by atoms with Gasteiger partial charge in [0.15, 0.2) is 22.6 Å². The van der Waals surface area contributed by atoms with Crippen LogP contribution in [0.15, 0.2) is 18.3 Å². The zero-order valence-electron chi connectivity index (χ0n) is 8.01. The Morgan fingerprint density at radius 1 is 1.19 bits per heavy atom. The largest absolute Gasteiger partial charge is 0.375 e. The Bertz CT molecular complexity index is 525. The van der Waals surface area contributed by atoms with Crippen LogP contribution >= 0.6 is 11.3 Å². The van der Waals surface area contributed by atoms with Crippen molar-refractivity contribution in [2.45, 2.75) is 6.42 Å². The van der Waals surface area contributed by atoms with E-state index in [-0.39, 0.29) is 12.0 Å². The monoisotopic (exact) mass is 244 g/mol. The van der Waals surface area contributed by atoms with Gasteiger partial charge in [-0.05, 0) is 11.6 Å². The lowest BCUT2D eigenvalue weighted by Gasteiger charge is -2.02. The Kier molecular flexibility index (Phi) is 2.82. The van der Waals surface area contributed by atoms with Gasteiger partial charge in [-0.1, -0.05) is 6.07 Å². The van der Waals surface area contributed by atoms with E-state index in [1.807, 2.05) is 0 Å². The second-order valence-corrected chi connectivity index (χ2v) is 4.32. The molecule has 2 nitrogen and oxygen atoms in total. The number of hydrogen-bond acceptors (Lipinski definition) is 3. The van der Waals surface area contributed by atoms with Crippen molar-refractivity contribution in [3.63, 3.8) is 0 Å². The van der Waals surface area contributed by atoms with Crippen LogP contribution in [0.25, 0.3) is 0 Å². The van der Waals surface area contributed by atoms with Gasteiger partial charge >= 0.3 is 0 Å². The van der Waals surface area contributed by atoms with Crippen molar-refractivity contribution in [3.8, 4) is 0 Å². The maximum Gasteiger partial charge on any atom is 0.194 e. The number of thiazole rings is 1. The molecule has 16 heavy (non-hydrogen) atoms. The van der Waals surface area contributed by atoms with Gasteiger partial charge in [0.25, 0.3) is 0 Å². The molecule has 1 aromatic heterocycles. The Morgan fingerprint density at radius 3 is 2.56 bits per heavy atom. The van der Waals surface area contributed by atoms with Gasteiger partial charge in [-0.3, -0.25) is 0 Å². The van der Waals surface area contributed by atoms with Crippen LogP contribution in [0.5, 0.6) is 0 Å². The van der Waals surface area contributed by atoms with Crippen molar-refractivity contribution in [1.29, 1.82) is 0 Å². The number of nitrogens with two attached hydrogens (primary N) is 1. The molecule has 0 saturated heterocycles. The molecule has 6 heteroatoms. The van der Waals surface area contributed by atoms with Gasteiger partial charge in [-0.25, -0.2) is 18.2 Å². The number of anilines is 1. The molecule has 1 heterocycles. The first-order chi connectivity index (χ1) is 7.58. The zero-order chi connectivity index (χ0) is 11.7. The lowest BCUT2D eigenvalue weighted by molar-refractivity contribution is 0.442. The summed E-state index contributed by atoms with van der Waals surface area (Å²) in [4.78, 5) is 4.49. The maximum absolute atomic E-state index is 13.3. The van der Waals surface area contributed by atoms with Crippen LogP contribution in [0.1, 0.15) is 10.4 Å². The molecule has 2 N–H and O–H groups in total. The van der Waals surface area contributed by atoms with Gasteiger partial charge in [0.1, 0.15) is 0 Å². The Hall–Kier alpha value is -1.56. The molecule has 0 unspecified atom stereocenters. The lowest BCUT2D eigenvalue weighted by atomic mass is 10.1. The SMILES string of the molecule is Nc1ncc(Cc2ccc(F)c(F)c2F)s1. The van der Waals surface area contributed by atoms with Crippen molar-refractivity contribution in [1.82, 2.24) is 4.98 Å². The van der Waals surface area contributed by atoms with Crippen molar-refractivity contribution in [3.05, 3.63) is 46.2 Å². The number of aromatic nitrogens is 1. The van der Waals surface area contributed by atoms with Crippen LogP contribution in [-0.4, -0.2) is 4.98 Å². The Labute approximate surface area is 93.5 Å². The maximum atomic E-state index is 13.3. The summed E-state index contributed by atoms with van der Waals surface area (Å²) in [5.41, 5.74) is 5.49. The molecule has 0 fully saturated rings. The van der Waals surface area contributed by atoms with Crippen LogP contribution in [-0.2, 0) is 6.42 Å². The molecule has 0 spiro atoms. The highest BCUT2D eigenvalue weighted by molar-refractivity contribution is 7.15. The minimum atomic E-state index is -1.45. The first kappa shape index (κ1) is 10.9. The molecule has 0 aliphatic heterocycles. The number of hydrogen-bond donors (Lipinski definition) is 1. The topological polar surface area (TPSA) is 38.9 Å². The van der Waals surface area contributed by atoms with Gasteiger partial charge in [0.2, 0.25) is 0 Å². The van der Waals surface area contributed by atoms with Crippen LogP contribution in [0.3, 0.4) is 0 Å². The molecule has 0 atom stereocenters. The first-order valence-corrected chi connectivity index (χ1v) is 5.22. The van der Waals surface area contributed by atoms with Gasteiger partial charge < -0.3 is 5.73 Å². The van der Waals surface area contributed by atoms with E-state index in [0.717, 1.165) is 6.07 Å². The quantitative estimate of drug-likeness (QED) is 0.825. The van der Waals surface area contributed by atoms with Crippen molar-refractivity contribution < 1.29 is 13.2 Å². The third-order valence-electron chi connectivity index (χ3n) is 2.05. The van der Waals surface area contributed by atoms with Gasteiger partial charge in [-0.15, -0.1) is 11.3 Å². The summed E-state index contributed by atoms with van der Waals surface area (Å²) in [6, 6.07) is 2.11. The summed E-state index contributed by atoms with van der Waals surface area (Å²) < 4.78 is 38.9. The Balaban J connectivity index is 2.32. The lowest BCUT2D eigenvalue weighted by Crippen LogP contribution is -1.97. The number of benzene rings is 1. The number of halogens is 3. The minimum Gasteiger partial charge on any atom is -0.375 e. The van der Waals surface area contributed by atoms with Gasteiger partial charge in [0.05, 0.1) is 0 Å². The van der Waals surface area contributed by atoms with Crippen LogP contribution in [0.4, 0.5) is 18.3 Å². The van der Waals surface area contributed by atoms with Crippen LogP contribution < -0.4 is 5.73 Å². The molecule has 0 aliphatic rings. The molecular weight excluding hydrogens is 237 g/mol. The fourth-order valence-corrected chi connectivity index (χ4v) is 2.00. The fourth-order valence-electron chi connectivity index (χ4n) is 1.29. The number of nitrogens with zero attached hydrogens (tertiary/aromatic N) is 1. The smallest absolute Gasteiger partial charge is 0.194 e. The summed E-state index contributed by atoms with van der Waals surface area (Å²) in [6.45, 7) is 0. The average molecular weight is 244 g/mol. The van der Waals surface area contributed by atoms with Crippen LogP contribution in [0, 0.1) is 17.5 Å². The summed E-state index contributed by atoms with van der Waals surface area (Å²) in [5, 5.41) is 0.359. The number of nitrogen functional groups attached to an aromatic ring is 1. The minimum absolute atomic E-state index is 0.0857.